The SMILES string of the molecule is CCN(c1nc(C)c(C(C)N)s1)C(C)C. The summed E-state index contributed by atoms with van der Waals surface area (Å²) in [6.07, 6.45) is 0. The van der Waals surface area contributed by atoms with Crippen molar-refractivity contribution in [2.75, 3.05) is 11.4 Å². The molecule has 0 fully saturated rings. The van der Waals surface area contributed by atoms with Crippen LogP contribution in [0, 0.1) is 6.92 Å². The highest BCUT2D eigenvalue weighted by atomic mass is 32.1. The molecule has 1 rings (SSSR count). The van der Waals surface area contributed by atoms with E-state index < -0.39 is 0 Å². The first kappa shape index (κ1) is 12.5. The first-order valence-corrected chi connectivity index (χ1v) is 6.28. The molecule has 2 N–H and O–H groups in total. The van der Waals surface area contributed by atoms with Gasteiger partial charge in [0.05, 0.1) is 5.69 Å². The predicted molar refractivity (Wildman–Crippen MR) is 67.6 cm³/mol. The second-order valence-corrected chi connectivity index (χ2v) is 5.12. The van der Waals surface area contributed by atoms with E-state index in [0.717, 1.165) is 17.4 Å². The highest BCUT2D eigenvalue weighted by Crippen LogP contribution is 2.30. The van der Waals surface area contributed by atoms with E-state index in [1.165, 1.54) is 4.88 Å². The van der Waals surface area contributed by atoms with Crippen molar-refractivity contribution in [3.63, 3.8) is 0 Å². The first-order valence-electron chi connectivity index (χ1n) is 5.46. The Labute approximate surface area is 96.3 Å². The number of hydrogen-bond donors (Lipinski definition) is 1. The van der Waals surface area contributed by atoms with Crippen LogP contribution in [0.2, 0.25) is 0 Å². The quantitative estimate of drug-likeness (QED) is 0.860. The van der Waals surface area contributed by atoms with Gasteiger partial charge in [-0.25, -0.2) is 4.98 Å². The van der Waals surface area contributed by atoms with Gasteiger partial charge in [0.1, 0.15) is 0 Å². The number of rotatable bonds is 4. The van der Waals surface area contributed by atoms with Crippen LogP contribution in [0.4, 0.5) is 5.13 Å². The summed E-state index contributed by atoms with van der Waals surface area (Å²) < 4.78 is 0. The van der Waals surface area contributed by atoms with Crippen LogP contribution in [0.25, 0.3) is 0 Å². The number of aryl methyl sites for hydroxylation is 1. The molecule has 3 nitrogen and oxygen atoms in total. The zero-order valence-electron chi connectivity index (χ0n) is 10.2. The first-order chi connectivity index (χ1) is 6.97. The molecule has 0 bridgehead atoms. The van der Waals surface area contributed by atoms with Crippen molar-refractivity contribution < 1.29 is 0 Å². The molecule has 4 heteroatoms. The van der Waals surface area contributed by atoms with Crippen molar-refractivity contribution in [2.24, 2.45) is 5.73 Å². The van der Waals surface area contributed by atoms with Crippen molar-refractivity contribution in [1.82, 2.24) is 4.98 Å². The molecule has 0 spiro atoms. The van der Waals surface area contributed by atoms with Crippen LogP contribution in [0.5, 0.6) is 0 Å². The summed E-state index contributed by atoms with van der Waals surface area (Å²) in [5.41, 5.74) is 6.97. The predicted octanol–water partition coefficient (Wildman–Crippen LogP) is 2.71. The summed E-state index contributed by atoms with van der Waals surface area (Å²) >= 11 is 1.72. The number of nitrogens with zero attached hydrogens (tertiary/aromatic N) is 2. The van der Waals surface area contributed by atoms with Crippen LogP contribution in [-0.4, -0.2) is 17.6 Å². The average Bonchev–Trinajstić information content (AvgIpc) is 2.48. The molecule has 1 heterocycles. The topological polar surface area (TPSA) is 42.2 Å². The van der Waals surface area contributed by atoms with E-state index in [4.69, 9.17) is 5.73 Å². The molecule has 0 radical (unpaired) electrons. The van der Waals surface area contributed by atoms with E-state index in [0.29, 0.717) is 6.04 Å². The van der Waals surface area contributed by atoms with Crippen LogP contribution < -0.4 is 10.6 Å². The van der Waals surface area contributed by atoms with Gasteiger partial charge >= 0.3 is 0 Å². The van der Waals surface area contributed by atoms with E-state index in [1.54, 1.807) is 11.3 Å². The summed E-state index contributed by atoms with van der Waals surface area (Å²) in [5, 5.41) is 1.09. The zero-order valence-corrected chi connectivity index (χ0v) is 11.1. The van der Waals surface area contributed by atoms with Crippen LogP contribution >= 0.6 is 11.3 Å². The third-order valence-corrected chi connectivity index (χ3v) is 3.84. The highest BCUT2D eigenvalue weighted by Gasteiger charge is 2.16. The molecule has 1 atom stereocenters. The van der Waals surface area contributed by atoms with Crippen molar-refractivity contribution in [3.05, 3.63) is 10.6 Å². The highest BCUT2D eigenvalue weighted by molar-refractivity contribution is 7.15. The number of nitrogens with two attached hydrogens (primary N) is 1. The number of thiazole rings is 1. The largest absolute Gasteiger partial charge is 0.346 e. The standard InChI is InChI=1S/C11H21N3S/c1-6-14(7(2)3)11-13-9(5)10(15-11)8(4)12/h7-8H,6,12H2,1-5H3. The summed E-state index contributed by atoms with van der Waals surface area (Å²) in [6.45, 7) is 11.6. The van der Waals surface area contributed by atoms with Gasteiger partial charge in [0.15, 0.2) is 5.13 Å². The molecule has 0 aliphatic heterocycles. The van der Waals surface area contributed by atoms with Gasteiger partial charge < -0.3 is 10.6 Å². The molecule has 0 saturated carbocycles. The van der Waals surface area contributed by atoms with Crippen LogP contribution in [-0.2, 0) is 0 Å². The van der Waals surface area contributed by atoms with Gasteiger partial charge in [-0.05, 0) is 34.6 Å². The van der Waals surface area contributed by atoms with Crippen LogP contribution in [0.3, 0.4) is 0 Å². The van der Waals surface area contributed by atoms with Gasteiger partial charge in [0, 0.05) is 23.5 Å². The van der Waals surface area contributed by atoms with Crippen molar-refractivity contribution in [2.45, 2.75) is 46.7 Å². The normalized spacial score (nSPS) is 13.3. The summed E-state index contributed by atoms with van der Waals surface area (Å²) in [7, 11) is 0. The third-order valence-electron chi connectivity index (χ3n) is 2.44. The molecule has 15 heavy (non-hydrogen) atoms. The number of hydrogen-bond acceptors (Lipinski definition) is 4. The fraction of sp³-hybridized carbons (Fsp3) is 0.727. The van der Waals surface area contributed by atoms with Crippen LogP contribution in [0.15, 0.2) is 0 Å². The van der Waals surface area contributed by atoms with Gasteiger partial charge in [0.2, 0.25) is 0 Å². The van der Waals surface area contributed by atoms with E-state index in [1.807, 2.05) is 13.8 Å². The Kier molecular flexibility index (Phi) is 4.11. The van der Waals surface area contributed by atoms with Gasteiger partial charge in [-0.2, -0.15) is 0 Å². The van der Waals surface area contributed by atoms with Crippen molar-refractivity contribution >= 4 is 16.5 Å². The minimum atomic E-state index is 0.0853. The Morgan fingerprint density at radius 1 is 1.40 bits per heavy atom. The molecule has 0 amide bonds. The smallest absolute Gasteiger partial charge is 0.186 e. The minimum absolute atomic E-state index is 0.0853. The molecule has 0 aromatic carbocycles. The fourth-order valence-corrected chi connectivity index (χ4v) is 2.88. The molecule has 0 saturated heterocycles. The number of anilines is 1. The molecule has 1 aromatic heterocycles. The minimum Gasteiger partial charge on any atom is -0.346 e. The van der Waals surface area contributed by atoms with E-state index >= 15 is 0 Å². The Morgan fingerprint density at radius 3 is 2.33 bits per heavy atom. The lowest BCUT2D eigenvalue weighted by molar-refractivity contribution is 0.700. The second-order valence-electron chi connectivity index (χ2n) is 4.11. The molecular weight excluding hydrogens is 206 g/mol. The molecule has 1 unspecified atom stereocenters. The lowest BCUT2D eigenvalue weighted by Gasteiger charge is -2.24. The van der Waals surface area contributed by atoms with Gasteiger partial charge in [-0.3, -0.25) is 0 Å². The Morgan fingerprint density at radius 2 is 2.00 bits per heavy atom. The lowest BCUT2D eigenvalue weighted by atomic mass is 10.2. The van der Waals surface area contributed by atoms with E-state index in [9.17, 15) is 0 Å². The zero-order chi connectivity index (χ0) is 11.6. The van der Waals surface area contributed by atoms with Crippen LogP contribution in [0.1, 0.15) is 44.3 Å². The molecule has 0 aliphatic carbocycles. The Balaban J connectivity index is 3.00. The number of aromatic nitrogens is 1. The maximum atomic E-state index is 5.90. The molecular formula is C11H21N3S. The maximum absolute atomic E-state index is 5.90. The fourth-order valence-electron chi connectivity index (χ4n) is 1.66. The summed E-state index contributed by atoms with van der Waals surface area (Å²) in [4.78, 5) is 8.08. The summed E-state index contributed by atoms with van der Waals surface area (Å²) in [5.74, 6) is 0. The van der Waals surface area contributed by atoms with Gasteiger partial charge in [-0.1, -0.05) is 0 Å². The monoisotopic (exact) mass is 227 g/mol. The third kappa shape index (κ3) is 2.69. The lowest BCUT2D eigenvalue weighted by Crippen LogP contribution is -2.30. The van der Waals surface area contributed by atoms with Gasteiger partial charge in [0.25, 0.3) is 0 Å². The maximum Gasteiger partial charge on any atom is 0.186 e. The summed E-state index contributed by atoms with van der Waals surface area (Å²) in [6, 6.07) is 0.573. The van der Waals surface area contributed by atoms with E-state index in [-0.39, 0.29) is 6.04 Å². The second kappa shape index (κ2) is 4.94. The molecule has 1 aromatic rings. The Hall–Kier alpha value is -0.610. The van der Waals surface area contributed by atoms with Gasteiger partial charge in [-0.15, -0.1) is 11.3 Å². The van der Waals surface area contributed by atoms with Crippen molar-refractivity contribution in [1.29, 1.82) is 0 Å². The van der Waals surface area contributed by atoms with E-state index in [2.05, 4.69) is 30.7 Å². The molecule has 86 valence electrons. The van der Waals surface area contributed by atoms with Crippen molar-refractivity contribution in [3.8, 4) is 0 Å². The molecule has 0 aliphatic rings. The Bertz CT molecular complexity index is 318. The average molecular weight is 227 g/mol.